The largest absolute Gasteiger partial charge is 0.350 e. The predicted molar refractivity (Wildman–Crippen MR) is 110 cm³/mol. The van der Waals surface area contributed by atoms with Crippen LogP contribution < -0.4 is 21.3 Å². The molecule has 0 heterocycles. The first-order valence-corrected chi connectivity index (χ1v) is 9.05. The van der Waals surface area contributed by atoms with E-state index < -0.39 is 5.41 Å². The Labute approximate surface area is 164 Å². The van der Waals surface area contributed by atoms with E-state index in [1.165, 1.54) is 0 Å². The van der Waals surface area contributed by atoms with Crippen LogP contribution in [0, 0.1) is 5.41 Å². The van der Waals surface area contributed by atoms with Gasteiger partial charge in [0, 0.05) is 35.4 Å². The van der Waals surface area contributed by atoms with Crippen molar-refractivity contribution in [3.05, 3.63) is 60.2 Å². The normalized spacial score (nSPS) is 10.7. The fourth-order valence-corrected chi connectivity index (χ4v) is 2.17. The molecule has 0 unspecified atom stereocenters. The molecule has 2 aromatic carbocycles. The van der Waals surface area contributed by atoms with Crippen molar-refractivity contribution in [3.63, 3.8) is 0 Å². The molecule has 0 saturated carbocycles. The van der Waals surface area contributed by atoms with E-state index in [-0.39, 0.29) is 17.8 Å². The molecule has 7 nitrogen and oxygen atoms in total. The molecule has 4 amide bonds. The maximum atomic E-state index is 12.1. The predicted octanol–water partition coefficient (Wildman–Crippen LogP) is 3.22. The van der Waals surface area contributed by atoms with Crippen molar-refractivity contribution in [2.45, 2.75) is 20.8 Å². The number of benzene rings is 2. The minimum atomic E-state index is -0.490. The molecule has 0 fully saturated rings. The highest BCUT2D eigenvalue weighted by molar-refractivity contribution is 5.97. The number of para-hydroxylation sites is 1. The molecule has 2 aromatic rings. The number of carbonyl (C=O) groups is 3. The van der Waals surface area contributed by atoms with E-state index in [2.05, 4.69) is 21.3 Å². The second-order valence-corrected chi connectivity index (χ2v) is 7.28. The molecule has 2 rings (SSSR count). The van der Waals surface area contributed by atoms with Crippen LogP contribution in [0.4, 0.5) is 16.2 Å². The van der Waals surface area contributed by atoms with Gasteiger partial charge in [0.2, 0.25) is 5.91 Å². The molecule has 148 valence electrons. The fourth-order valence-electron chi connectivity index (χ4n) is 2.17. The molecule has 0 radical (unpaired) electrons. The van der Waals surface area contributed by atoms with Crippen LogP contribution >= 0.6 is 0 Å². The first-order valence-electron chi connectivity index (χ1n) is 9.05. The molecule has 4 N–H and O–H groups in total. The van der Waals surface area contributed by atoms with Crippen LogP contribution in [0.25, 0.3) is 0 Å². The van der Waals surface area contributed by atoms with Gasteiger partial charge in [-0.05, 0) is 36.4 Å². The summed E-state index contributed by atoms with van der Waals surface area (Å²) in [6.07, 6.45) is 0. The summed E-state index contributed by atoms with van der Waals surface area (Å²) in [5, 5.41) is 10.9. The zero-order chi connectivity index (χ0) is 20.6. The van der Waals surface area contributed by atoms with Crippen molar-refractivity contribution >= 4 is 29.2 Å². The highest BCUT2D eigenvalue weighted by Gasteiger charge is 2.21. The molecule has 0 spiro atoms. The van der Waals surface area contributed by atoms with E-state index in [9.17, 15) is 14.4 Å². The molecule has 0 bridgehead atoms. The summed E-state index contributed by atoms with van der Waals surface area (Å²) in [7, 11) is 0. The second-order valence-electron chi connectivity index (χ2n) is 7.28. The average molecular weight is 382 g/mol. The van der Waals surface area contributed by atoms with E-state index in [4.69, 9.17) is 0 Å². The Balaban J connectivity index is 1.72. The van der Waals surface area contributed by atoms with Crippen LogP contribution in [0.2, 0.25) is 0 Å². The lowest BCUT2D eigenvalue weighted by Gasteiger charge is -2.17. The Hall–Kier alpha value is -3.35. The second kappa shape index (κ2) is 9.55. The molecule has 0 saturated heterocycles. The number of carbonyl (C=O) groups excluding carboxylic acids is 3. The van der Waals surface area contributed by atoms with Gasteiger partial charge in [0.15, 0.2) is 0 Å². The topological polar surface area (TPSA) is 99.3 Å². The van der Waals surface area contributed by atoms with Crippen molar-refractivity contribution in [1.29, 1.82) is 0 Å². The van der Waals surface area contributed by atoms with E-state index in [0.717, 1.165) is 0 Å². The van der Waals surface area contributed by atoms with Crippen molar-refractivity contribution in [1.82, 2.24) is 10.6 Å². The minimum absolute atomic E-state index is 0.0930. The summed E-state index contributed by atoms with van der Waals surface area (Å²) in [4.78, 5) is 35.9. The van der Waals surface area contributed by atoms with Crippen LogP contribution in [0.15, 0.2) is 54.6 Å². The van der Waals surface area contributed by atoms with Crippen LogP contribution in [0.1, 0.15) is 31.1 Å². The first kappa shape index (κ1) is 21.0. The van der Waals surface area contributed by atoms with Gasteiger partial charge in [-0.25, -0.2) is 4.79 Å². The van der Waals surface area contributed by atoms with Crippen LogP contribution in [-0.4, -0.2) is 30.9 Å². The summed E-state index contributed by atoms with van der Waals surface area (Å²) in [6.45, 7) is 6.09. The number of hydrogen-bond acceptors (Lipinski definition) is 3. The molecule has 28 heavy (non-hydrogen) atoms. The Bertz CT molecular complexity index is 812. The highest BCUT2D eigenvalue weighted by atomic mass is 16.2. The van der Waals surface area contributed by atoms with Crippen molar-refractivity contribution < 1.29 is 14.4 Å². The third-order valence-electron chi connectivity index (χ3n) is 3.81. The Morgan fingerprint density at radius 3 is 1.93 bits per heavy atom. The van der Waals surface area contributed by atoms with Crippen molar-refractivity contribution in [2.75, 3.05) is 23.7 Å². The van der Waals surface area contributed by atoms with Gasteiger partial charge in [-0.1, -0.05) is 39.0 Å². The van der Waals surface area contributed by atoms with Crippen LogP contribution in [0.5, 0.6) is 0 Å². The minimum Gasteiger partial charge on any atom is -0.350 e. The SMILES string of the molecule is CC(C)(C)C(=O)Nc1ccc(C(=O)NCCNC(=O)Nc2ccccc2)cc1. The lowest BCUT2D eigenvalue weighted by Crippen LogP contribution is -2.36. The third-order valence-corrected chi connectivity index (χ3v) is 3.81. The van der Waals surface area contributed by atoms with Gasteiger partial charge < -0.3 is 21.3 Å². The average Bonchev–Trinajstić information content (AvgIpc) is 2.65. The molecule has 0 atom stereocenters. The van der Waals surface area contributed by atoms with Crippen LogP contribution in [-0.2, 0) is 4.79 Å². The molecule has 0 aliphatic carbocycles. The van der Waals surface area contributed by atoms with Gasteiger partial charge in [0.05, 0.1) is 0 Å². The first-order chi connectivity index (χ1) is 13.3. The number of anilines is 2. The summed E-state index contributed by atoms with van der Waals surface area (Å²) in [5.41, 5.74) is 1.32. The van der Waals surface area contributed by atoms with Crippen molar-refractivity contribution in [3.8, 4) is 0 Å². The zero-order valence-electron chi connectivity index (χ0n) is 16.3. The Morgan fingerprint density at radius 1 is 0.750 bits per heavy atom. The molecule has 7 heteroatoms. The highest BCUT2D eigenvalue weighted by Crippen LogP contribution is 2.17. The summed E-state index contributed by atoms with van der Waals surface area (Å²) in [5.74, 6) is -0.344. The quantitative estimate of drug-likeness (QED) is 0.577. The monoisotopic (exact) mass is 382 g/mol. The summed E-state index contributed by atoms with van der Waals surface area (Å²) < 4.78 is 0. The standard InChI is InChI=1S/C21H26N4O3/c1-21(2,3)19(27)24-17-11-9-15(10-12-17)18(26)22-13-14-23-20(28)25-16-7-5-4-6-8-16/h4-12H,13-14H2,1-3H3,(H,22,26)(H,24,27)(H2,23,25,28). The van der Waals surface area contributed by atoms with Crippen molar-refractivity contribution in [2.24, 2.45) is 5.41 Å². The Kier molecular flexibility index (Phi) is 7.14. The number of amides is 4. The maximum absolute atomic E-state index is 12.1. The van der Waals surface area contributed by atoms with E-state index in [1.807, 2.05) is 39.0 Å². The smallest absolute Gasteiger partial charge is 0.319 e. The molecule has 0 aliphatic heterocycles. The molecule has 0 aliphatic rings. The van der Waals surface area contributed by atoms with Gasteiger partial charge in [-0.3, -0.25) is 9.59 Å². The zero-order valence-corrected chi connectivity index (χ0v) is 16.3. The van der Waals surface area contributed by atoms with Gasteiger partial charge in [-0.2, -0.15) is 0 Å². The van der Waals surface area contributed by atoms with Crippen LogP contribution in [0.3, 0.4) is 0 Å². The number of urea groups is 1. The van der Waals surface area contributed by atoms with E-state index in [0.29, 0.717) is 30.0 Å². The maximum Gasteiger partial charge on any atom is 0.319 e. The number of nitrogens with one attached hydrogen (secondary N) is 4. The van der Waals surface area contributed by atoms with Gasteiger partial charge in [-0.15, -0.1) is 0 Å². The summed E-state index contributed by atoms with van der Waals surface area (Å²) in [6, 6.07) is 15.4. The molecular weight excluding hydrogens is 356 g/mol. The lowest BCUT2D eigenvalue weighted by atomic mass is 9.95. The van der Waals surface area contributed by atoms with E-state index >= 15 is 0 Å². The van der Waals surface area contributed by atoms with E-state index in [1.54, 1.807) is 36.4 Å². The lowest BCUT2D eigenvalue weighted by molar-refractivity contribution is -0.123. The van der Waals surface area contributed by atoms with Gasteiger partial charge >= 0.3 is 6.03 Å². The third kappa shape index (κ3) is 6.75. The molecular formula is C21H26N4O3. The van der Waals surface area contributed by atoms with Gasteiger partial charge in [0.25, 0.3) is 5.91 Å². The number of rotatable bonds is 6. The number of hydrogen-bond donors (Lipinski definition) is 4. The summed E-state index contributed by atoms with van der Waals surface area (Å²) >= 11 is 0. The molecule has 0 aromatic heterocycles. The van der Waals surface area contributed by atoms with Gasteiger partial charge in [0.1, 0.15) is 0 Å². The Morgan fingerprint density at radius 2 is 1.32 bits per heavy atom. The fraction of sp³-hybridized carbons (Fsp3) is 0.286.